The molecule has 0 atom stereocenters. The quantitative estimate of drug-likeness (QED) is 0.558. The highest BCUT2D eigenvalue weighted by atomic mass is 35.5. The molecule has 84 valence electrons. The fourth-order valence-electron chi connectivity index (χ4n) is 1.41. The molecule has 0 unspecified atom stereocenters. The van der Waals surface area contributed by atoms with Crippen molar-refractivity contribution in [3.63, 3.8) is 0 Å². The Labute approximate surface area is 102 Å². The van der Waals surface area contributed by atoms with E-state index in [1.165, 1.54) is 0 Å². The first kappa shape index (κ1) is 12.6. The summed E-state index contributed by atoms with van der Waals surface area (Å²) in [5.41, 5.74) is 1.14. The zero-order valence-electron chi connectivity index (χ0n) is 9.14. The van der Waals surface area contributed by atoms with Gasteiger partial charge in [-0.15, -0.1) is 11.6 Å². The van der Waals surface area contributed by atoms with Gasteiger partial charge in [0.05, 0.1) is 12.5 Å². The van der Waals surface area contributed by atoms with Crippen LogP contribution in [-0.4, -0.2) is 19.0 Å². The van der Waals surface area contributed by atoms with E-state index < -0.39 is 0 Å². The van der Waals surface area contributed by atoms with Gasteiger partial charge in [-0.2, -0.15) is 5.26 Å². The fraction of sp³-hybridized carbons (Fsp3) is 0.308. The number of rotatable bonds is 6. The standard InChI is InChI=1S/C13H15ClN2/c14-9-4-5-11-16(12-6-10-15)13-7-2-1-3-8-13/h1-5,7-8H,6,9,11-12H2. The maximum atomic E-state index is 8.62. The Morgan fingerprint density at radius 2 is 2.00 bits per heavy atom. The van der Waals surface area contributed by atoms with Crippen LogP contribution in [-0.2, 0) is 0 Å². The number of halogens is 1. The van der Waals surface area contributed by atoms with Gasteiger partial charge in [0, 0.05) is 24.7 Å². The summed E-state index contributed by atoms with van der Waals surface area (Å²) in [5, 5.41) is 8.62. The summed E-state index contributed by atoms with van der Waals surface area (Å²) < 4.78 is 0. The summed E-state index contributed by atoms with van der Waals surface area (Å²) >= 11 is 5.58. The smallest absolute Gasteiger partial charge is 0.0640 e. The van der Waals surface area contributed by atoms with Crippen molar-refractivity contribution in [3.8, 4) is 6.07 Å². The van der Waals surface area contributed by atoms with Crippen LogP contribution in [0.15, 0.2) is 42.5 Å². The number of nitrogens with zero attached hydrogens (tertiary/aromatic N) is 2. The predicted molar refractivity (Wildman–Crippen MR) is 68.7 cm³/mol. The largest absolute Gasteiger partial charge is 0.367 e. The molecule has 0 aromatic heterocycles. The maximum Gasteiger partial charge on any atom is 0.0640 e. The molecule has 2 nitrogen and oxygen atoms in total. The molecule has 0 aliphatic carbocycles. The summed E-state index contributed by atoms with van der Waals surface area (Å²) in [5.74, 6) is 0.529. The molecule has 0 N–H and O–H groups in total. The van der Waals surface area contributed by atoms with E-state index in [-0.39, 0.29) is 0 Å². The summed E-state index contributed by atoms with van der Waals surface area (Å²) in [6.45, 7) is 1.53. The van der Waals surface area contributed by atoms with Gasteiger partial charge in [-0.1, -0.05) is 30.4 Å². The molecule has 0 saturated heterocycles. The molecule has 0 saturated carbocycles. The molecule has 16 heavy (non-hydrogen) atoms. The molecule has 3 heteroatoms. The summed E-state index contributed by atoms with van der Waals surface area (Å²) in [6, 6.07) is 12.2. The van der Waals surface area contributed by atoms with Crippen LogP contribution in [0.1, 0.15) is 6.42 Å². The Balaban J connectivity index is 2.64. The van der Waals surface area contributed by atoms with Gasteiger partial charge in [0.25, 0.3) is 0 Å². The van der Waals surface area contributed by atoms with Crippen LogP contribution in [0.5, 0.6) is 0 Å². The number of hydrogen-bond acceptors (Lipinski definition) is 2. The van der Waals surface area contributed by atoms with Crippen molar-refractivity contribution in [1.82, 2.24) is 0 Å². The topological polar surface area (TPSA) is 27.0 Å². The first-order chi connectivity index (χ1) is 7.88. The fourth-order valence-corrected chi connectivity index (χ4v) is 1.54. The van der Waals surface area contributed by atoms with Crippen LogP contribution in [0, 0.1) is 11.3 Å². The van der Waals surface area contributed by atoms with Crippen molar-refractivity contribution in [1.29, 1.82) is 5.26 Å². The third-order valence-electron chi connectivity index (χ3n) is 2.20. The first-order valence-electron chi connectivity index (χ1n) is 5.26. The molecule has 0 heterocycles. The lowest BCUT2D eigenvalue weighted by atomic mass is 10.2. The van der Waals surface area contributed by atoms with E-state index in [0.717, 1.165) is 18.8 Å². The molecule has 0 spiro atoms. The lowest BCUT2D eigenvalue weighted by Crippen LogP contribution is -2.24. The molecule has 0 fully saturated rings. The van der Waals surface area contributed by atoms with E-state index in [4.69, 9.17) is 16.9 Å². The van der Waals surface area contributed by atoms with Gasteiger partial charge in [-0.05, 0) is 12.1 Å². The minimum atomic E-state index is 0.529. The summed E-state index contributed by atoms with van der Waals surface area (Å²) in [4.78, 5) is 2.16. The summed E-state index contributed by atoms with van der Waals surface area (Å²) in [6.07, 6.45) is 4.48. The van der Waals surface area contributed by atoms with Gasteiger partial charge in [-0.25, -0.2) is 0 Å². The van der Waals surface area contributed by atoms with Crippen LogP contribution >= 0.6 is 11.6 Å². The van der Waals surface area contributed by atoms with Crippen molar-refractivity contribution in [3.05, 3.63) is 42.5 Å². The van der Waals surface area contributed by atoms with Gasteiger partial charge in [0.1, 0.15) is 0 Å². The molecule has 0 bridgehead atoms. The SMILES string of the molecule is N#CCCN(CC=CCCl)c1ccccc1. The molecule has 0 radical (unpaired) electrons. The highest BCUT2D eigenvalue weighted by molar-refractivity contribution is 6.18. The third-order valence-corrected chi connectivity index (χ3v) is 2.37. The molecule has 1 aromatic carbocycles. The van der Waals surface area contributed by atoms with Gasteiger partial charge in [0.2, 0.25) is 0 Å². The van der Waals surface area contributed by atoms with Gasteiger partial charge >= 0.3 is 0 Å². The van der Waals surface area contributed by atoms with Crippen LogP contribution < -0.4 is 4.90 Å². The van der Waals surface area contributed by atoms with Crippen LogP contribution in [0.4, 0.5) is 5.69 Å². The number of hydrogen-bond donors (Lipinski definition) is 0. The molecule has 0 aliphatic heterocycles. The number of alkyl halides is 1. The van der Waals surface area contributed by atoms with Gasteiger partial charge < -0.3 is 4.90 Å². The second kappa shape index (κ2) is 7.78. The summed E-state index contributed by atoms with van der Waals surface area (Å²) in [7, 11) is 0. The number of anilines is 1. The highest BCUT2D eigenvalue weighted by Gasteiger charge is 2.02. The minimum absolute atomic E-state index is 0.529. The Morgan fingerprint density at radius 3 is 2.62 bits per heavy atom. The van der Waals surface area contributed by atoms with Crippen LogP contribution in [0.3, 0.4) is 0 Å². The third kappa shape index (κ3) is 4.37. The van der Waals surface area contributed by atoms with E-state index >= 15 is 0 Å². The lowest BCUT2D eigenvalue weighted by Gasteiger charge is -2.22. The second-order valence-electron chi connectivity index (χ2n) is 3.32. The van der Waals surface area contributed by atoms with Crippen molar-refractivity contribution in [2.24, 2.45) is 0 Å². The Morgan fingerprint density at radius 1 is 1.25 bits per heavy atom. The molecular weight excluding hydrogens is 220 g/mol. The Bertz CT molecular complexity index is 354. The molecule has 0 aliphatic rings. The molecular formula is C13H15ClN2. The van der Waals surface area contributed by atoms with E-state index in [0.29, 0.717) is 12.3 Å². The molecule has 0 amide bonds. The number of allylic oxidation sites excluding steroid dienone is 1. The zero-order chi connectivity index (χ0) is 11.6. The maximum absolute atomic E-state index is 8.62. The number of para-hydroxylation sites is 1. The average Bonchev–Trinajstić information content (AvgIpc) is 2.35. The first-order valence-corrected chi connectivity index (χ1v) is 5.80. The second-order valence-corrected chi connectivity index (χ2v) is 3.62. The van der Waals surface area contributed by atoms with Crippen molar-refractivity contribution >= 4 is 17.3 Å². The lowest BCUT2D eigenvalue weighted by molar-refractivity contribution is 0.857. The Kier molecular flexibility index (Phi) is 6.13. The van der Waals surface area contributed by atoms with Crippen LogP contribution in [0.25, 0.3) is 0 Å². The van der Waals surface area contributed by atoms with E-state index in [9.17, 15) is 0 Å². The van der Waals surface area contributed by atoms with Crippen molar-refractivity contribution < 1.29 is 0 Å². The predicted octanol–water partition coefficient (Wildman–Crippen LogP) is 3.20. The van der Waals surface area contributed by atoms with Crippen molar-refractivity contribution in [2.45, 2.75) is 6.42 Å². The zero-order valence-corrected chi connectivity index (χ0v) is 9.90. The normalized spacial score (nSPS) is 10.2. The number of benzene rings is 1. The number of nitriles is 1. The van der Waals surface area contributed by atoms with E-state index in [1.807, 2.05) is 42.5 Å². The van der Waals surface area contributed by atoms with E-state index in [1.54, 1.807) is 0 Å². The van der Waals surface area contributed by atoms with Gasteiger partial charge in [-0.3, -0.25) is 0 Å². The van der Waals surface area contributed by atoms with Crippen LogP contribution in [0.2, 0.25) is 0 Å². The highest BCUT2D eigenvalue weighted by Crippen LogP contribution is 2.13. The monoisotopic (exact) mass is 234 g/mol. The Hall–Kier alpha value is -1.46. The molecule has 1 aromatic rings. The average molecular weight is 235 g/mol. The van der Waals surface area contributed by atoms with Gasteiger partial charge in [0.15, 0.2) is 0 Å². The van der Waals surface area contributed by atoms with Crippen molar-refractivity contribution in [2.75, 3.05) is 23.9 Å². The van der Waals surface area contributed by atoms with E-state index in [2.05, 4.69) is 11.0 Å². The minimum Gasteiger partial charge on any atom is -0.367 e. The molecule has 1 rings (SSSR count).